The lowest BCUT2D eigenvalue weighted by Crippen LogP contribution is -2.41. The molecule has 2 N–H and O–H groups in total. The highest BCUT2D eigenvalue weighted by atomic mass is 16.5. The second-order valence-corrected chi connectivity index (χ2v) is 5.27. The molecule has 2 aromatic carbocycles. The molecule has 0 aliphatic heterocycles. The molecule has 0 amide bonds. The number of rotatable bonds is 6. The average molecular weight is 283 g/mol. The Morgan fingerprint density at radius 1 is 1.10 bits per heavy atom. The molecule has 1 atom stereocenters. The average Bonchev–Trinajstić information content (AvgIpc) is 2.53. The van der Waals surface area contributed by atoms with Crippen LogP contribution in [0, 0.1) is 0 Å². The maximum Gasteiger partial charge on any atom is 0.186 e. The van der Waals surface area contributed by atoms with Gasteiger partial charge < -0.3 is 10.5 Å². The normalized spacial score (nSPS) is 13.5. The van der Waals surface area contributed by atoms with Crippen molar-refractivity contribution >= 4 is 5.78 Å². The first kappa shape index (κ1) is 15.3. The van der Waals surface area contributed by atoms with Crippen LogP contribution in [0.5, 0.6) is 5.75 Å². The van der Waals surface area contributed by atoms with Crippen molar-refractivity contribution in [1.82, 2.24) is 0 Å². The molecule has 3 nitrogen and oxygen atoms in total. The van der Waals surface area contributed by atoms with Gasteiger partial charge in [-0.05, 0) is 43.2 Å². The molecule has 0 heterocycles. The lowest BCUT2D eigenvalue weighted by atomic mass is 9.85. The zero-order chi connectivity index (χ0) is 15.3. The van der Waals surface area contributed by atoms with E-state index in [2.05, 4.69) is 6.92 Å². The van der Waals surface area contributed by atoms with Crippen molar-refractivity contribution < 1.29 is 9.53 Å². The fourth-order valence-corrected chi connectivity index (χ4v) is 2.14. The molecule has 1 unspecified atom stereocenters. The van der Waals surface area contributed by atoms with Crippen LogP contribution in [0.15, 0.2) is 54.6 Å². The van der Waals surface area contributed by atoms with E-state index in [1.165, 1.54) is 0 Å². The monoisotopic (exact) mass is 283 g/mol. The number of ether oxygens (including phenoxy) is 1. The van der Waals surface area contributed by atoms with Crippen LogP contribution in [-0.4, -0.2) is 12.4 Å². The third kappa shape index (κ3) is 3.50. The van der Waals surface area contributed by atoms with Crippen LogP contribution >= 0.6 is 0 Å². The first-order chi connectivity index (χ1) is 10.1. The topological polar surface area (TPSA) is 52.3 Å². The van der Waals surface area contributed by atoms with E-state index in [9.17, 15) is 4.79 Å². The summed E-state index contributed by atoms with van der Waals surface area (Å²) in [5.74, 6) is 0.669. The molecule has 0 fully saturated rings. The highest BCUT2D eigenvalue weighted by molar-refractivity contribution is 6.03. The summed E-state index contributed by atoms with van der Waals surface area (Å²) in [6.07, 6.45) is 0.954. The van der Waals surface area contributed by atoms with Gasteiger partial charge in [-0.1, -0.05) is 37.3 Å². The minimum Gasteiger partial charge on any atom is -0.494 e. The van der Waals surface area contributed by atoms with Gasteiger partial charge in [0.05, 0.1) is 6.61 Å². The number of Topliss-reactive ketones (excluding diaryl/α,β-unsaturated/α-hetero) is 1. The smallest absolute Gasteiger partial charge is 0.186 e. The summed E-state index contributed by atoms with van der Waals surface area (Å²) < 4.78 is 5.52. The van der Waals surface area contributed by atoms with E-state index in [0.29, 0.717) is 12.2 Å². The Hall–Kier alpha value is -2.13. The van der Waals surface area contributed by atoms with Gasteiger partial charge in [0.25, 0.3) is 0 Å². The Labute approximate surface area is 125 Å². The minimum absolute atomic E-state index is 0.101. The quantitative estimate of drug-likeness (QED) is 0.825. The Kier molecular flexibility index (Phi) is 4.76. The number of ketones is 1. The van der Waals surface area contributed by atoms with Crippen LogP contribution in [0.3, 0.4) is 0 Å². The van der Waals surface area contributed by atoms with Crippen LogP contribution in [0.4, 0.5) is 0 Å². The van der Waals surface area contributed by atoms with E-state index in [1.54, 1.807) is 19.1 Å². The molecule has 0 aliphatic rings. The molecular weight excluding hydrogens is 262 g/mol. The van der Waals surface area contributed by atoms with Gasteiger partial charge >= 0.3 is 0 Å². The summed E-state index contributed by atoms with van der Waals surface area (Å²) in [6, 6.07) is 16.6. The number of carbonyl (C=O) groups is 1. The maximum atomic E-state index is 12.6. The van der Waals surface area contributed by atoms with E-state index >= 15 is 0 Å². The molecule has 0 aliphatic carbocycles. The van der Waals surface area contributed by atoms with Gasteiger partial charge in [-0.2, -0.15) is 0 Å². The van der Waals surface area contributed by atoms with Crippen molar-refractivity contribution in [2.45, 2.75) is 25.8 Å². The summed E-state index contributed by atoms with van der Waals surface area (Å²) >= 11 is 0. The molecule has 0 saturated carbocycles. The second-order valence-electron chi connectivity index (χ2n) is 5.27. The first-order valence-electron chi connectivity index (χ1n) is 7.17. The zero-order valence-corrected chi connectivity index (χ0v) is 12.5. The van der Waals surface area contributed by atoms with Gasteiger partial charge in [-0.25, -0.2) is 0 Å². The summed E-state index contributed by atoms with van der Waals surface area (Å²) in [7, 11) is 0. The number of benzene rings is 2. The predicted octanol–water partition coefficient (Wildman–Crippen LogP) is 3.53. The van der Waals surface area contributed by atoms with Crippen molar-refractivity contribution in [3.05, 3.63) is 65.7 Å². The number of hydrogen-bond donors (Lipinski definition) is 1. The number of hydrogen-bond acceptors (Lipinski definition) is 3. The van der Waals surface area contributed by atoms with Gasteiger partial charge in [0, 0.05) is 5.56 Å². The van der Waals surface area contributed by atoms with Gasteiger partial charge in [0.1, 0.15) is 11.3 Å². The standard InChI is InChI=1S/C18H21NO2/c1-3-13-21-16-11-9-14(10-12-16)17(20)18(2,19)15-7-5-4-6-8-15/h4-12H,3,13,19H2,1-2H3. The molecule has 110 valence electrons. The fourth-order valence-electron chi connectivity index (χ4n) is 2.14. The SMILES string of the molecule is CCCOc1ccc(C(=O)C(C)(N)c2ccccc2)cc1. The predicted molar refractivity (Wildman–Crippen MR) is 84.5 cm³/mol. The molecule has 0 saturated heterocycles. The third-order valence-corrected chi connectivity index (χ3v) is 3.43. The van der Waals surface area contributed by atoms with Crippen LogP contribution in [0.25, 0.3) is 0 Å². The number of nitrogens with two attached hydrogens (primary N) is 1. The van der Waals surface area contributed by atoms with E-state index in [1.807, 2.05) is 42.5 Å². The van der Waals surface area contributed by atoms with Gasteiger partial charge in [-0.15, -0.1) is 0 Å². The van der Waals surface area contributed by atoms with E-state index < -0.39 is 5.54 Å². The Balaban J connectivity index is 2.19. The van der Waals surface area contributed by atoms with Crippen molar-refractivity contribution in [1.29, 1.82) is 0 Å². The van der Waals surface area contributed by atoms with Crippen molar-refractivity contribution in [3.63, 3.8) is 0 Å². The van der Waals surface area contributed by atoms with Crippen molar-refractivity contribution in [2.75, 3.05) is 6.61 Å². The van der Waals surface area contributed by atoms with Crippen LogP contribution < -0.4 is 10.5 Å². The maximum absolute atomic E-state index is 12.6. The summed E-state index contributed by atoms with van der Waals surface area (Å²) in [5.41, 5.74) is 6.61. The summed E-state index contributed by atoms with van der Waals surface area (Å²) in [4.78, 5) is 12.6. The molecular formula is C18H21NO2. The first-order valence-corrected chi connectivity index (χ1v) is 7.17. The van der Waals surface area contributed by atoms with E-state index in [4.69, 9.17) is 10.5 Å². The van der Waals surface area contributed by atoms with Gasteiger partial charge in [-0.3, -0.25) is 4.79 Å². The molecule has 21 heavy (non-hydrogen) atoms. The summed E-state index contributed by atoms with van der Waals surface area (Å²) in [6.45, 7) is 4.47. The molecule has 3 heteroatoms. The largest absolute Gasteiger partial charge is 0.494 e. The van der Waals surface area contributed by atoms with Crippen LogP contribution in [0.2, 0.25) is 0 Å². The molecule has 0 radical (unpaired) electrons. The zero-order valence-electron chi connectivity index (χ0n) is 12.5. The van der Waals surface area contributed by atoms with E-state index in [-0.39, 0.29) is 5.78 Å². The lowest BCUT2D eigenvalue weighted by molar-refractivity contribution is 0.0900. The molecule has 2 aromatic rings. The Morgan fingerprint density at radius 2 is 1.71 bits per heavy atom. The van der Waals surface area contributed by atoms with Crippen LogP contribution in [-0.2, 0) is 5.54 Å². The fraction of sp³-hybridized carbons (Fsp3) is 0.278. The third-order valence-electron chi connectivity index (χ3n) is 3.43. The van der Waals surface area contributed by atoms with Crippen molar-refractivity contribution in [2.24, 2.45) is 5.73 Å². The molecule has 0 spiro atoms. The van der Waals surface area contributed by atoms with E-state index in [0.717, 1.165) is 17.7 Å². The minimum atomic E-state index is -1.03. The molecule has 0 aromatic heterocycles. The molecule has 0 bridgehead atoms. The molecule has 2 rings (SSSR count). The lowest BCUT2D eigenvalue weighted by Gasteiger charge is -2.23. The highest BCUT2D eigenvalue weighted by Gasteiger charge is 2.31. The summed E-state index contributed by atoms with van der Waals surface area (Å²) in [5, 5.41) is 0. The number of carbonyl (C=O) groups excluding carboxylic acids is 1. The Bertz CT molecular complexity index is 588. The second kappa shape index (κ2) is 6.55. The van der Waals surface area contributed by atoms with Gasteiger partial charge in [0.15, 0.2) is 5.78 Å². The Morgan fingerprint density at radius 3 is 2.29 bits per heavy atom. The van der Waals surface area contributed by atoms with Gasteiger partial charge in [0.2, 0.25) is 0 Å². The van der Waals surface area contributed by atoms with Crippen molar-refractivity contribution in [3.8, 4) is 5.75 Å². The van der Waals surface area contributed by atoms with Crippen LogP contribution in [0.1, 0.15) is 36.2 Å². The highest BCUT2D eigenvalue weighted by Crippen LogP contribution is 2.24.